The molecular formula is C15H24N5O8P. The summed E-state index contributed by atoms with van der Waals surface area (Å²) >= 11 is 0. The Morgan fingerprint density at radius 3 is 2.90 bits per heavy atom. The molecule has 0 amide bonds. The number of aromatic nitrogens is 4. The molecule has 2 aromatic rings. The second kappa shape index (κ2) is 8.88. The molecule has 0 aliphatic carbocycles. The number of imidazole rings is 1. The van der Waals surface area contributed by atoms with E-state index in [0.29, 0.717) is 6.42 Å². The van der Waals surface area contributed by atoms with E-state index in [-0.39, 0.29) is 23.7 Å². The van der Waals surface area contributed by atoms with Crippen LogP contribution in [0.2, 0.25) is 0 Å². The van der Waals surface area contributed by atoms with E-state index in [0.717, 1.165) is 6.42 Å². The third kappa shape index (κ3) is 4.67. The monoisotopic (exact) mass is 433 g/mol. The lowest BCUT2D eigenvalue weighted by molar-refractivity contribution is -0.0584. The number of aromatic amines is 1. The molecule has 14 heteroatoms. The van der Waals surface area contributed by atoms with E-state index < -0.39 is 44.5 Å². The third-order valence-electron chi connectivity index (χ3n) is 4.46. The van der Waals surface area contributed by atoms with Crippen molar-refractivity contribution in [3.8, 4) is 0 Å². The van der Waals surface area contributed by atoms with Crippen molar-refractivity contribution in [2.75, 3.05) is 26.1 Å². The van der Waals surface area contributed by atoms with Gasteiger partial charge in [0.1, 0.15) is 18.3 Å². The average molecular weight is 433 g/mol. The number of hydrogen-bond donors (Lipinski definition) is 4. The number of methoxy groups -OCH3 is 1. The molecule has 162 valence electrons. The predicted octanol–water partition coefficient (Wildman–Crippen LogP) is -0.0912. The second-order valence-corrected chi connectivity index (χ2v) is 7.94. The SMILES string of the molecule is CCCCOP(=O)(O)OC[C@H]1O[C@@H](n2cnc3c(=O)[nH]c(N)nc32)[C@H](OC)[C@@H]1O. The van der Waals surface area contributed by atoms with Gasteiger partial charge < -0.3 is 25.2 Å². The van der Waals surface area contributed by atoms with Crippen LogP contribution in [0.3, 0.4) is 0 Å². The minimum absolute atomic E-state index is 0.0380. The van der Waals surface area contributed by atoms with Crippen molar-refractivity contribution < 1.29 is 33.1 Å². The van der Waals surface area contributed by atoms with Crippen molar-refractivity contribution in [3.63, 3.8) is 0 Å². The quantitative estimate of drug-likeness (QED) is 0.306. The number of phosphoric ester groups is 1. The predicted molar refractivity (Wildman–Crippen MR) is 99.9 cm³/mol. The number of nitrogens with zero attached hydrogens (tertiary/aromatic N) is 3. The van der Waals surface area contributed by atoms with Gasteiger partial charge in [-0.1, -0.05) is 13.3 Å². The number of phosphoric acid groups is 1. The molecule has 1 aliphatic rings. The fourth-order valence-electron chi connectivity index (χ4n) is 2.99. The second-order valence-electron chi connectivity index (χ2n) is 6.48. The number of unbranched alkanes of at least 4 members (excludes halogenated alkanes) is 1. The molecule has 0 spiro atoms. The number of fused-ring (bicyclic) bond motifs is 1. The molecular weight excluding hydrogens is 409 g/mol. The van der Waals surface area contributed by atoms with Gasteiger partial charge in [0.25, 0.3) is 5.56 Å². The van der Waals surface area contributed by atoms with Gasteiger partial charge in [0.15, 0.2) is 17.4 Å². The largest absolute Gasteiger partial charge is 0.472 e. The molecule has 1 saturated heterocycles. The summed E-state index contributed by atoms with van der Waals surface area (Å²) in [5.74, 6) is -0.109. The lowest BCUT2D eigenvalue weighted by Crippen LogP contribution is -2.35. The summed E-state index contributed by atoms with van der Waals surface area (Å²) < 4.78 is 34.2. The summed E-state index contributed by atoms with van der Waals surface area (Å²) in [7, 11) is -2.92. The molecule has 0 aromatic carbocycles. The Hall–Kier alpha value is -1.86. The van der Waals surface area contributed by atoms with Crippen molar-refractivity contribution in [2.45, 2.75) is 44.3 Å². The van der Waals surface area contributed by atoms with Crippen LogP contribution in [0, 0.1) is 0 Å². The van der Waals surface area contributed by atoms with E-state index in [4.69, 9.17) is 24.3 Å². The van der Waals surface area contributed by atoms with E-state index >= 15 is 0 Å². The number of nitrogens with one attached hydrogen (secondary N) is 1. The molecule has 1 unspecified atom stereocenters. The molecule has 5 atom stereocenters. The summed E-state index contributed by atoms with van der Waals surface area (Å²) in [5.41, 5.74) is 5.25. The van der Waals surface area contributed by atoms with Gasteiger partial charge in [0.2, 0.25) is 5.95 Å². The minimum atomic E-state index is -4.29. The van der Waals surface area contributed by atoms with Crippen LogP contribution < -0.4 is 11.3 Å². The molecule has 0 radical (unpaired) electrons. The van der Waals surface area contributed by atoms with Crippen LogP contribution in [0.5, 0.6) is 0 Å². The smallest absolute Gasteiger partial charge is 0.387 e. The van der Waals surface area contributed by atoms with Crippen molar-refractivity contribution in [2.24, 2.45) is 0 Å². The first-order valence-corrected chi connectivity index (χ1v) is 10.5. The van der Waals surface area contributed by atoms with E-state index in [9.17, 15) is 19.4 Å². The highest BCUT2D eigenvalue weighted by Crippen LogP contribution is 2.44. The van der Waals surface area contributed by atoms with Crippen LogP contribution in [0.4, 0.5) is 5.95 Å². The maximum atomic E-state index is 12.0. The van der Waals surface area contributed by atoms with Gasteiger partial charge in [-0.2, -0.15) is 4.98 Å². The molecule has 0 saturated carbocycles. The molecule has 29 heavy (non-hydrogen) atoms. The Morgan fingerprint density at radius 1 is 1.45 bits per heavy atom. The number of ether oxygens (including phenoxy) is 2. The topological polar surface area (TPSA) is 184 Å². The first-order valence-electron chi connectivity index (χ1n) is 8.98. The molecule has 1 fully saturated rings. The standard InChI is InChI=1S/C15H24N5O8P/c1-3-4-5-26-29(23,24)27-6-8-10(21)11(25-2)14(28-8)20-7-17-9-12(20)18-15(16)19-13(9)22/h7-8,10-11,14,21H,3-6H2,1-2H3,(H,23,24)(H3,16,18,19,22)/t8-,10-,11-,14-/m1/s1. The molecule has 1 aliphatic heterocycles. The van der Waals surface area contributed by atoms with Crippen LogP contribution >= 0.6 is 7.82 Å². The van der Waals surface area contributed by atoms with Gasteiger partial charge >= 0.3 is 7.82 Å². The number of nitrogen functional groups attached to an aromatic ring is 1. The Kier molecular flexibility index (Phi) is 6.69. The van der Waals surface area contributed by atoms with Crippen molar-refractivity contribution in [1.29, 1.82) is 0 Å². The average Bonchev–Trinajstić information content (AvgIpc) is 3.21. The van der Waals surface area contributed by atoms with Gasteiger partial charge in [-0.3, -0.25) is 23.4 Å². The molecule has 3 heterocycles. The minimum Gasteiger partial charge on any atom is -0.387 e. The van der Waals surface area contributed by atoms with E-state index in [1.165, 1.54) is 18.0 Å². The maximum Gasteiger partial charge on any atom is 0.472 e. The summed E-state index contributed by atoms with van der Waals surface area (Å²) in [5, 5.41) is 10.5. The Labute approximate surface area is 165 Å². The number of aliphatic hydroxyl groups excluding tert-OH is 1. The summed E-state index contributed by atoms with van der Waals surface area (Å²) in [6.07, 6.45) is -1.31. The van der Waals surface area contributed by atoms with Gasteiger partial charge in [0.05, 0.1) is 19.5 Å². The van der Waals surface area contributed by atoms with Crippen LogP contribution in [-0.2, 0) is 23.1 Å². The first kappa shape index (κ1) is 21.8. The highest BCUT2D eigenvalue weighted by molar-refractivity contribution is 7.47. The molecule has 3 rings (SSSR count). The first-order chi connectivity index (χ1) is 13.8. The summed E-state index contributed by atoms with van der Waals surface area (Å²) in [6.45, 7) is 1.57. The number of H-pyrrole nitrogens is 1. The summed E-state index contributed by atoms with van der Waals surface area (Å²) in [6, 6.07) is 0. The fraction of sp³-hybridized carbons (Fsp3) is 0.667. The van der Waals surface area contributed by atoms with Gasteiger partial charge in [0, 0.05) is 7.11 Å². The Morgan fingerprint density at radius 2 is 2.21 bits per heavy atom. The molecule has 13 nitrogen and oxygen atoms in total. The maximum absolute atomic E-state index is 12.0. The number of aliphatic hydroxyl groups is 1. The van der Waals surface area contributed by atoms with Crippen molar-refractivity contribution in [3.05, 3.63) is 16.7 Å². The van der Waals surface area contributed by atoms with E-state index in [2.05, 4.69) is 15.0 Å². The van der Waals surface area contributed by atoms with Crippen LogP contribution in [0.25, 0.3) is 11.2 Å². The van der Waals surface area contributed by atoms with Crippen LogP contribution in [0.15, 0.2) is 11.1 Å². The number of rotatable bonds is 9. The fourth-order valence-corrected chi connectivity index (χ4v) is 3.76. The van der Waals surface area contributed by atoms with Crippen molar-refractivity contribution >= 4 is 24.9 Å². The number of hydrogen-bond acceptors (Lipinski definition) is 10. The highest BCUT2D eigenvalue weighted by Gasteiger charge is 2.46. The Bertz CT molecular complexity index is 948. The van der Waals surface area contributed by atoms with Gasteiger partial charge in [-0.05, 0) is 6.42 Å². The van der Waals surface area contributed by atoms with E-state index in [1.54, 1.807) is 0 Å². The van der Waals surface area contributed by atoms with Crippen LogP contribution in [-0.4, -0.2) is 68.2 Å². The Balaban J connectivity index is 1.77. The lowest BCUT2D eigenvalue weighted by Gasteiger charge is -2.19. The van der Waals surface area contributed by atoms with Crippen LogP contribution in [0.1, 0.15) is 26.0 Å². The highest BCUT2D eigenvalue weighted by atomic mass is 31.2. The molecule has 5 N–H and O–H groups in total. The zero-order valence-electron chi connectivity index (χ0n) is 15.9. The zero-order chi connectivity index (χ0) is 21.2. The number of anilines is 1. The van der Waals surface area contributed by atoms with E-state index in [1.807, 2.05) is 6.92 Å². The molecule has 0 bridgehead atoms. The van der Waals surface area contributed by atoms with Gasteiger partial charge in [-0.15, -0.1) is 0 Å². The van der Waals surface area contributed by atoms with Gasteiger partial charge in [-0.25, -0.2) is 9.55 Å². The third-order valence-corrected chi connectivity index (χ3v) is 5.45. The van der Waals surface area contributed by atoms with Crippen molar-refractivity contribution in [1.82, 2.24) is 19.5 Å². The number of nitrogens with two attached hydrogens (primary N) is 1. The lowest BCUT2D eigenvalue weighted by atomic mass is 10.1. The molecule has 2 aromatic heterocycles. The normalized spacial score (nSPS) is 26.8. The zero-order valence-corrected chi connectivity index (χ0v) is 16.8. The summed E-state index contributed by atoms with van der Waals surface area (Å²) in [4.78, 5) is 32.1.